The molecule has 1 amide bonds. The number of amides is 1. The molecule has 108 valence electrons. The van der Waals surface area contributed by atoms with Crippen LogP contribution >= 0.6 is 0 Å². The summed E-state index contributed by atoms with van der Waals surface area (Å²) in [4.78, 5) is 14.5. The third-order valence-electron chi connectivity index (χ3n) is 4.21. The van der Waals surface area contributed by atoms with Crippen molar-refractivity contribution in [1.82, 2.24) is 10.2 Å². The molecular weight excluding hydrogens is 276 g/mol. The van der Waals surface area contributed by atoms with Crippen LogP contribution in [-0.2, 0) is 9.84 Å². The molecule has 2 fully saturated rings. The number of hydrogen-bond acceptors (Lipinski definition) is 4. The topological polar surface area (TPSA) is 66.5 Å². The van der Waals surface area contributed by atoms with Gasteiger partial charge in [-0.3, -0.25) is 4.79 Å². The maximum absolute atomic E-state index is 12.4. The highest BCUT2D eigenvalue weighted by atomic mass is 32.2. The van der Waals surface area contributed by atoms with Crippen LogP contribution in [0.4, 0.5) is 0 Å². The number of carbonyl (C=O) groups excluding carboxylic acids is 1. The Labute approximate surface area is 118 Å². The number of carbonyl (C=O) groups is 1. The Hall–Kier alpha value is -1.40. The molecule has 2 saturated heterocycles. The van der Waals surface area contributed by atoms with Crippen LogP contribution in [0.1, 0.15) is 10.4 Å². The summed E-state index contributed by atoms with van der Waals surface area (Å²) in [6.07, 6.45) is 1.17. The van der Waals surface area contributed by atoms with Crippen LogP contribution in [0, 0.1) is 11.8 Å². The van der Waals surface area contributed by atoms with Crippen LogP contribution in [0.15, 0.2) is 29.2 Å². The molecule has 0 saturated carbocycles. The van der Waals surface area contributed by atoms with E-state index in [2.05, 4.69) is 5.32 Å². The van der Waals surface area contributed by atoms with Gasteiger partial charge in [0.15, 0.2) is 9.84 Å². The molecule has 3 rings (SSSR count). The first-order valence-corrected chi connectivity index (χ1v) is 8.64. The van der Waals surface area contributed by atoms with Crippen LogP contribution in [0.5, 0.6) is 0 Å². The van der Waals surface area contributed by atoms with Gasteiger partial charge < -0.3 is 10.2 Å². The van der Waals surface area contributed by atoms with Gasteiger partial charge in [-0.25, -0.2) is 8.42 Å². The highest BCUT2D eigenvalue weighted by molar-refractivity contribution is 7.90. The number of benzene rings is 1. The second-order valence-corrected chi connectivity index (χ2v) is 7.70. The Morgan fingerprint density at radius 2 is 1.70 bits per heavy atom. The fourth-order valence-electron chi connectivity index (χ4n) is 3.05. The first kappa shape index (κ1) is 13.6. The molecular formula is C14H18N2O3S. The van der Waals surface area contributed by atoms with E-state index in [0.29, 0.717) is 17.4 Å². The largest absolute Gasteiger partial charge is 0.338 e. The molecule has 2 heterocycles. The van der Waals surface area contributed by atoms with Crippen molar-refractivity contribution in [3.05, 3.63) is 29.8 Å². The van der Waals surface area contributed by atoms with Crippen LogP contribution in [0.2, 0.25) is 0 Å². The number of sulfone groups is 1. The Bertz CT molecular complexity index is 612. The minimum atomic E-state index is -3.21. The molecule has 2 aliphatic rings. The van der Waals surface area contributed by atoms with Crippen molar-refractivity contribution >= 4 is 15.7 Å². The summed E-state index contributed by atoms with van der Waals surface area (Å²) in [7, 11) is -3.21. The summed E-state index contributed by atoms with van der Waals surface area (Å²) in [5, 5.41) is 3.34. The second kappa shape index (κ2) is 4.86. The fraction of sp³-hybridized carbons (Fsp3) is 0.500. The third kappa shape index (κ3) is 2.45. The van der Waals surface area contributed by atoms with Gasteiger partial charge in [0.05, 0.1) is 4.90 Å². The zero-order chi connectivity index (χ0) is 14.3. The Kier molecular flexibility index (Phi) is 3.30. The summed E-state index contributed by atoms with van der Waals surface area (Å²) in [6, 6.07) is 6.21. The molecule has 1 N–H and O–H groups in total. The van der Waals surface area contributed by atoms with E-state index in [1.54, 1.807) is 12.1 Å². The minimum absolute atomic E-state index is 0.000508. The minimum Gasteiger partial charge on any atom is -0.338 e. The second-order valence-electron chi connectivity index (χ2n) is 5.69. The zero-order valence-electron chi connectivity index (χ0n) is 11.4. The molecule has 0 spiro atoms. The van der Waals surface area contributed by atoms with Gasteiger partial charge in [-0.2, -0.15) is 0 Å². The molecule has 1 aromatic carbocycles. The number of rotatable bonds is 2. The number of fused-ring (bicyclic) bond motifs is 1. The van der Waals surface area contributed by atoms with E-state index in [-0.39, 0.29) is 10.8 Å². The average molecular weight is 294 g/mol. The maximum Gasteiger partial charge on any atom is 0.253 e. The van der Waals surface area contributed by atoms with Crippen molar-refractivity contribution in [1.29, 1.82) is 0 Å². The number of nitrogens with one attached hydrogen (secondary N) is 1. The summed E-state index contributed by atoms with van der Waals surface area (Å²) in [6.45, 7) is 3.57. The highest BCUT2D eigenvalue weighted by Gasteiger charge is 2.38. The molecule has 2 aliphatic heterocycles. The van der Waals surface area contributed by atoms with Gasteiger partial charge in [-0.05, 0) is 36.1 Å². The molecule has 0 bridgehead atoms. The van der Waals surface area contributed by atoms with Gasteiger partial charge in [0.25, 0.3) is 5.91 Å². The monoisotopic (exact) mass is 294 g/mol. The van der Waals surface area contributed by atoms with Crippen molar-refractivity contribution in [2.45, 2.75) is 4.90 Å². The van der Waals surface area contributed by atoms with Crippen LogP contribution in [0.3, 0.4) is 0 Å². The van der Waals surface area contributed by atoms with Crippen molar-refractivity contribution in [3.8, 4) is 0 Å². The van der Waals surface area contributed by atoms with Gasteiger partial charge in [-0.1, -0.05) is 0 Å². The van der Waals surface area contributed by atoms with Gasteiger partial charge in [0.2, 0.25) is 0 Å². The Morgan fingerprint density at radius 1 is 1.15 bits per heavy atom. The van der Waals surface area contributed by atoms with E-state index in [1.165, 1.54) is 18.4 Å². The summed E-state index contributed by atoms with van der Waals surface area (Å²) in [5.41, 5.74) is 0.560. The molecule has 6 heteroatoms. The number of nitrogens with zero attached hydrogens (tertiary/aromatic N) is 1. The molecule has 2 atom stereocenters. The lowest BCUT2D eigenvalue weighted by Gasteiger charge is -2.17. The van der Waals surface area contributed by atoms with E-state index in [0.717, 1.165) is 26.2 Å². The third-order valence-corrected chi connectivity index (χ3v) is 5.33. The van der Waals surface area contributed by atoms with Crippen molar-refractivity contribution in [2.75, 3.05) is 32.4 Å². The normalized spacial score (nSPS) is 25.8. The number of likely N-dealkylation sites (tertiary alicyclic amines) is 1. The van der Waals surface area contributed by atoms with E-state index < -0.39 is 9.84 Å². The first-order chi connectivity index (χ1) is 9.45. The molecule has 1 aromatic rings. The summed E-state index contributed by atoms with van der Waals surface area (Å²) >= 11 is 0. The molecule has 0 radical (unpaired) electrons. The van der Waals surface area contributed by atoms with Crippen LogP contribution in [0.25, 0.3) is 0 Å². The predicted octanol–water partition coefficient (Wildman–Crippen LogP) is 0.382. The van der Waals surface area contributed by atoms with Crippen molar-refractivity contribution in [3.63, 3.8) is 0 Å². The van der Waals surface area contributed by atoms with Crippen LogP contribution < -0.4 is 5.32 Å². The standard InChI is InChI=1S/C14H18N2O3S/c1-20(18,19)13-4-2-10(3-5-13)14(17)16-8-11-6-15-7-12(11)9-16/h2-5,11-12,15H,6-9H2,1H3/t11-,12+. The summed E-state index contributed by atoms with van der Waals surface area (Å²) < 4.78 is 22.8. The van der Waals surface area contributed by atoms with Crippen molar-refractivity contribution < 1.29 is 13.2 Å². The van der Waals surface area contributed by atoms with Crippen molar-refractivity contribution in [2.24, 2.45) is 11.8 Å². The SMILES string of the molecule is CS(=O)(=O)c1ccc(C(=O)N2C[C@H]3CNC[C@H]3C2)cc1. The molecule has 20 heavy (non-hydrogen) atoms. The van der Waals surface area contributed by atoms with E-state index in [4.69, 9.17) is 0 Å². The average Bonchev–Trinajstić information content (AvgIpc) is 2.97. The van der Waals surface area contributed by atoms with Gasteiger partial charge >= 0.3 is 0 Å². The predicted molar refractivity (Wildman–Crippen MR) is 75.3 cm³/mol. The fourth-order valence-corrected chi connectivity index (χ4v) is 3.68. The smallest absolute Gasteiger partial charge is 0.253 e. The van der Waals surface area contributed by atoms with E-state index in [1.807, 2.05) is 4.90 Å². The van der Waals surface area contributed by atoms with E-state index >= 15 is 0 Å². The maximum atomic E-state index is 12.4. The lowest BCUT2D eigenvalue weighted by atomic mass is 10.0. The number of hydrogen-bond donors (Lipinski definition) is 1. The molecule has 0 aliphatic carbocycles. The molecule has 0 aromatic heterocycles. The van der Waals surface area contributed by atoms with Gasteiger partial charge in [0, 0.05) is 38.0 Å². The van der Waals surface area contributed by atoms with E-state index in [9.17, 15) is 13.2 Å². The quantitative estimate of drug-likeness (QED) is 0.856. The lowest BCUT2D eigenvalue weighted by molar-refractivity contribution is 0.0781. The molecule has 5 nitrogen and oxygen atoms in total. The zero-order valence-corrected chi connectivity index (χ0v) is 12.2. The summed E-state index contributed by atoms with van der Waals surface area (Å²) in [5.74, 6) is 1.13. The Balaban J connectivity index is 1.75. The highest BCUT2D eigenvalue weighted by Crippen LogP contribution is 2.27. The lowest BCUT2D eigenvalue weighted by Crippen LogP contribution is -2.31. The molecule has 0 unspecified atom stereocenters. The Morgan fingerprint density at radius 3 is 2.20 bits per heavy atom. The van der Waals surface area contributed by atoms with Gasteiger partial charge in [-0.15, -0.1) is 0 Å². The van der Waals surface area contributed by atoms with Gasteiger partial charge in [0.1, 0.15) is 0 Å². The first-order valence-electron chi connectivity index (χ1n) is 6.75. The van der Waals surface area contributed by atoms with Crippen LogP contribution in [-0.4, -0.2) is 51.7 Å².